The average molecular weight is 398 g/mol. The van der Waals surface area contributed by atoms with E-state index in [9.17, 15) is 18.4 Å². The first-order chi connectivity index (χ1) is 14.0. The summed E-state index contributed by atoms with van der Waals surface area (Å²) < 4.78 is 33.2. The second-order valence-electron chi connectivity index (χ2n) is 6.63. The van der Waals surface area contributed by atoms with Crippen LogP contribution in [0.1, 0.15) is 22.5 Å². The average Bonchev–Trinajstić information content (AvgIpc) is 3.25. The van der Waals surface area contributed by atoms with Gasteiger partial charge in [-0.2, -0.15) is 0 Å². The molecule has 0 saturated carbocycles. The summed E-state index contributed by atoms with van der Waals surface area (Å²) >= 11 is 0. The fourth-order valence-corrected chi connectivity index (χ4v) is 3.34. The number of nitrogens with one attached hydrogen (secondary N) is 1. The first-order valence-corrected chi connectivity index (χ1v) is 8.88. The molecule has 9 heteroatoms. The van der Waals surface area contributed by atoms with E-state index >= 15 is 0 Å². The molecule has 29 heavy (non-hydrogen) atoms. The van der Waals surface area contributed by atoms with Gasteiger partial charge in [0.2, 0.25) is 5.91 Å². The number of aryl methyl sites for hydroxylation is 1. The minimum Gasteiger partial charge on any atom is -0.360 e. The van der Waals surface area contributed by atoms with Crippen molar-refractivity contribution < 1.29 is 22.9 Å². The fraction of sp³-hybridized carbons (Fsp3) is 0.200. The third kappa shape index (κ3) is 3.46. The number of carbonyl (C=O) groups excluding carboxylic acids is 2. The number of hydrogen-bond acceptors (Lipinski definition) is 5. The highest BCUT2D eigenvalue weighted by Gasteiger charge is 2.35. The lowest BCUT2D eigenvalue weighted by Gasteiger charge is -2.18. The van der Waals surface area contributed by atoms with E-state index in [1.807, 2.05) is 0 Å². The van der Waals surface area contributed by atoms with Gasteiger partial charge in [-0.1, -0.05) is 17.3 Å². The lowest BCUT2D eigenvalue weighted by molar-refractivity contribution is -0.117. The van der Waals surface area contributed by atoms with Crippen molar-refractivity contribution in [3.63, 3.8) is 0 Å². The topological polar surface area (TPSA) is 88.3 Å². The van der Waals surface area contributed by atoms with Gasteiger partial charge in [0.15, 0.2) is 0 Å². The van der Waals surface area contributed by atoms with Crippen molar-refractivity contribution in [2.24, 2.45) is 0 Å². The van der Waals surface area contributed by atoms with E-state index in [1.165, 1.54) is 6.07 Å². The largest absolute Gasteiger partial charge is 0.360 e. The molecule has 2 aromatic heterocycles. The Kier molecular flexibility index (Phi) is 4.79. The molecule has 1 aromatic carbocycles. The molecule has 1 fully saturated rings. The normalized spacial score (nSPS) is 16.3. The lowest BCUT2D eigenvalue weighted by atomic mass is 10.1. The summed E-state index contributed by atoms with van der Waals surface area (Å²) in [5.74, 6) is -2.36. The Balaban J connectivity index is 1.55. The Bertz CT molecular complexity index is 1060. The van der Waals surface area contributed by atoms with E-state index in [0.29, 0.717) is 11.5 Å². The van der Waals surface area contributed by atoms with Crippen LogP contribution in [0, 0.1) is 18.6 Å². The lowest BCUT2D eigenvalue weighted by Crippen LogP contribution is -2.37. The van der Waals surface area contributed by atoms with Crippen LogP contribution in [0.25, 0.3) is 11.4 Å². The van der Waals surface area contributed by atoms with Gasteiger partial charge >= 0.3 is 0 Å². The number of halogens is 2. The van der Waals surface area contributed by atoms with Crippen molar-refractivity contribution >= 4 is 17.5 Å². The Morgan fingerprint density at radius 1 is 1.21 bits per heavy atom. The summed E-state index contributed by atoms with van der Waals surface area (Å²) in [6.45, 7) is 1.54. The number of amides is 2. The molecule has 2 amide bonds. The second-order valence-corrected chi connectivity index (χ2v) is 6.63. The molecule has 7 nitrogen and oxygen atoms in total. The summed E-state index contributed by atoms with van der Waals surface area (Å²) in [6, 6.07) is 7.94. The zero-order chi connectivity index (χ0) is 20.5. The number of rotatable bonds is 4. The highest BCUT2D eigenvalue weighted by atomic mass is 19.1. The third-order valence-electron chi connectivity index (χ3n) is 4.67. The Morgan fingerprint density at radius 3 is 2.66 bits per heavy atom. The maximum absolute atomic E-state index is 14.0. The Hall–Kier alpha value is -3.62. The molecule has 1 saturated heterocycles. The van der Waals surface area contributed by atoms with Crippen molar-refractivity contribution in [3.05, 3.63) is 65.6 Å². The molecule has 4 rings (SSSR count). The van der Waals surface area contributed by atoms with Crippen LogP contribution in [0.4, 0.5) is 14.5 Å². The summed E-state index contributed by atoms with van der Waals surface area (Å²) in [7, 11) is 0. The monoisotopic (exact) mass is 398 g/mol. The summed E-state index contributed by atoms with van der Waals surface area (Å²) in [5, 5.41) is 6.63. The molecule has 1 aliphatic heterocycles. The number of para-hydroxylation sites is 1. The van der Waals surface area contributed by atoms with Crippen LogP contribution in [0.3, 0.4) is 0 Å². The molecule has 148 valence electrons. The number of hydrogen-bond donors (Lipinski definition) is 1. The van der Waals surface area contributed by atoms with Crippen molar-refractivity contribution in [3.8, 4) is 11.4 Å². The number of nitrogens with zero attached hydrogens (tertiary/aromatic N) is 3. The van der Waals surface area contributed by atoms with E-state index in [1.54, 1.807) is 31.3 Å². The van der Waals surface area contributed by atoms with Crippen LogP contribution in [-0.4, -0.2) is 34.5 Å². The molecule has 3 heterocycles. The van der Waals surface area contributed by atoms with Crippen LogP contribution < -0.4 is 10.2 Å². The first-order valence-electron chi connectivity index (χ1n) is 8.88. The molecular weight excluding hydrogens is 382 g/mol. The summed E-state index contributed by atoms with van der Waals surface area (Å²) in [6.07, 6.45) is 1.49. The molecule has 3 aromatic rings. The Labute approximate surface area is 164 Å². The van der Waals surface area contributed by atoms with Gasteiger partial charge in [0.1, 0.15) is 34.3 Å². The number of benzene rings is 1. The predicted octanol–water partition coefficient (Wildman–Crippen LogP) is 2.86. The van der Waals surface area contributed by atoms with Crippen LogP contribution in [0.5, 0.6) is 0 Å². The molecule has 0 spiro atoms. The number of pyridine rings is 1. The van der Waals surface area contributed by atoms with E-state index in [2.05, 4.69) is 15.5 Å². The van der Waals surface area contributed by atoms with Gasteiger partial charge in [-0.05, 0) is 31.2 Å². The fourth-order valence-electron chi connectivity index (χ4n) is 3.34. The van der Waals surface area contributed by atoms with Crippen molar-refractivity contribution in [2.75, 3.05) is 11.4 Å². The van der Waals surface area contributed by atoms with Gasteiger partial charge in [0.25, 0.3) is 5.91 Å². The summed E-state index contributed by atoms with van der Waals surface area (Å²) in [4.78, 5) is 30.3. The molecule has 0 aliphatic carbocycles. The molecule has 0 radical (unpaired) electrons. The first kappa shape index (κ1) is 18.7. The SMILES string of the molecule is Cc1onc(-c2ccccn2)c1C(=O)NC1CC(=O)N(c2c(F)cccc2F)C1. The van der Waals surface area contributed by atoms with Crippen molar-refractivity contribution in [1.82, 2.24) is 15.5 Å². The van der Waals surface area contributed by atoms with Crippen LogP contribution >= 0.6 is 0 Å². The highest BCUT2D eigenvalue weighted by molar-refractivity contribution is 6.02. The zero-order valence-electron chi connectivity index (χ0n) is 15.4. The van der Waals surface area contributed by atoms with Gasteiger partial charge in [0, 0.05) is 19.2 Å². The minimum absolute atomic E-state index is 0.0499. The van der Waals surface area contributed by atoms with Crippen LogP contribution in [-0.2, 0) is 4.79 Å². The quantitative estimate of drug-likeness (QED) is 0.730. The molecule has 1 unspecified atom stereocenters. The maximum Gasteiger partial charge on any atom is 0.257 e. The predicted molar refractivity (Wildman–Crippen MR) is 99.1 cm³/mol. The number of aromatic nitrogens is 2. The number of carbonyl (C=O) groups is 2. The van der Waals surface area contributed by atoms with Gasteiger partial charge in [0.05, 0.1) is 11.7 Å². The van der Waals surface area contributed by atoms with E-state index in [0.717, 1.165) is 17.0 Å². The van der Waals surface area contributed by atoms with Crippen LogP contribution in [0.15, 0.2) is 47.1 Å². The molecular formula is C20H16F2N4O3. The molecule has 1 aliphatic rings. The maximum atomic E-state index is 14.0. The second kappa shape index (κ2) is 7.42. The van der Waals surface area contributed by atoms with Gasteiger partial charge in [-0.3, -0.25) is 14.6 Å². The molecule has 1 atom stereocenters. The van der Waals surface area contributed by atoms with E-state index in [-0.39, 0.29) is 24.2 Å². The molecule has 1 N–H and O–H groups in total. The van der Waals surface area contributed by atoms with Gasteiger partial charge < -0.3 is 14.7 Å². The summed E-state index contributed by atoms with van der Waals surface area (Å²) in [5.41, 5.74) is 0.533. The van der Waals surface area contributed by atoms with E-state index < -0.39 is 35.2 Å². The smallest absolute Gasteiger partial charge is 0.257 e. The zero-order valence-corrected chi connectivity index (χ0v) is 15.4. The Morgan fingerprint density at radius 2 is 1.97 bits per heavy atom. The third-order valence-corrected chi connectivity index (χ3v) is 4.67. The van der Waals surface area contributed by atoms with Crippen molar-refractivity contribution in [1.29, 1.82) is 0 Å². The van der Waals surface area contributed by atoms with Crippen LogP contribution in [0.2, 0.25) is 0 Å². The number of anilines is 1. The van der Waals surface area contributed by atoms with Crippen molar-refractivity contribution in [2.45, 2.75) is 19.4 Å². The molecule has 0 bridgehead atoms. The van der Waals surface area contributed by atoms with Gasteiger partial charge in [-0.25, -0.2) is 8.78 Å². The van der Waals surface area contributed by atoms with E-state index in [4.69, 9.17) is 4.52 Å². The highest BCUT2D eigenvalue weighted by Crippen LogP contribution is 2.28. The standard InChI is InChI=1S/C20H16F2N4O3/c1-11-17(18(25-29-11)15-7-2-3-8-23-15)20(28)24-12-9-16(27)26(10-12)19-13(21)5-4-6-14(19)22/h2-8,12H,9-10H2,1H3,(H,24,28). The van der Waals surface area contributed by atoms with Gasteiger partial charge in [-0.15, -0.1) is 0 Å². The minimum atomic E-state index is -0.836.